The van der Waals surface area contributed by atoms with Crippen molar-refractivity contribution in [1.29, 1.82) is 0 Å². The van der Waals surface area contributed by atoms with Gasteiger partial charge in [0, 0.05) is 18.2 Å². The van der Waals surface area contributed by atoms with Crippen LogP contribution < -0.4 is 5.32 Å². The van der Waals surface area contributed by atoms with E-state index in [1.807, 2.05) is 14.1 Å². The van der Waals surface area contributed by atoms with Gasteiger partial charge in [-0.15, -0.1) is 0 Å². The SMILES string of the molecule is CN(C)C1(CNC(=O)c2cc(C(=O)O)on2)CCC1. The van der Waals surface area contributed by atoms with Crippen LogP contribution in [0.15, 0.2) is 10.6 Å². The number of hydrogen-bond acceptors (Lipinski definition) is 5. The summed E-state index contributed by atoms with van der Waals surface area (Å²) in [5.74, 6) is -1.99. The van der Waals surface area contributed by atoms with Crippen molar-refractivity contribution in [3.63, 3.8) is 0 Å². The molecule has 2 N–H and O–H groups in total. The second kappa shape index (κ2) is 5.00. The third-order valence-corrected chi connectivity index (χ3v) is 3.76. The summed E-state index contributed by atoms with van der Waals surface area (Å²) in [6.07, 6.45) is 3.24. The highest BCUT2D eigenvalue weighted by Crippen LogP contribution is 2.35. The minimum atomic E-state index is -1.24. The van der Waals surface area contributed by atoms with Crippen LogP contribution in [0.5, 0.6) is 0 Å². The van der Waals surface area contributed by atoms with Gasteiger partial charge in [-0.1, -0.05) is 5.16 Å². The standard InChI is InChI=1S/C12H17N3O4/c1-15(2)12(4-3-5-12)7-13-10(16)8-6-9(11(17)18)19-14-8/h6H,3-5,7H2,1-2H3,(H,13,16)(H,17,18). The van der Waals surface area contributed by atoms with Crippen molar-refractivity contribution < 1.29 is 19.2 Å². The number of carbonyl (C=O) groups excluding carboxylic acids is 1. The summed E-state index contributed by atoms with van der Waals surface area (Å²) in [7, 11) is 3.98. The molecule has 0 unspecified atom stereocenters. The molecule has 7 heteroatoms. The number of likely N-dealkylation sites (N-methyl/N-ethyl adjacent to an activating group) is 1. The number of aromatic nitrogens is 1. The van der Waals surface area contributed by atoms with Crippen molar-refractivity contribution in [1.82, 2.24) is 15.4 Å². The lowest BCUT2D eigenvalue weighted by Crippen LogP contribution is -2.57. The Hall–Kier alpha value is -1.89. The fraction of sp³-hybridized carbons (Fsp3) is 0.583. The Balaban J connectivity index is 1.95. The average Bonchev–Trinajstić information content (AvgIpc) is 2.75. The van der Waals surface area contributed by atoms with Crippen molar-refractivity contribution in [3.05, 3.63) is 17.5 Å². The lowest BCUT2D eigenvalue weighted by molar-refractivity contribution is 0.0554. The normalized spacial score (nSPS) is 17.0. The van der Waals surface area contributed by atoms with Gasteiger partial charge >= 0.3 is 5.97 Å². The van der Waals surface area contributed by atoms with E-state index in [1.54, 1.807) is 0 Å². The maximum absolute atomic E-state index is 11.8. The molecule has 0 saturated heterocycles. The third kappa shape index (κ3) is 2.60. The van der Waals surface area contributed by atoms with E-state index in [0.29, 0.717) is 6.54 Å². The number of carboxylic acids is 1. The second-order valence-electron chi connectivity index (χ2n) is 5.04. The summed E-state index contributed by atoms with van der Waals surface area (Å²) >= 11 is 0. The monoisotopic (exact) mass is 267 g/mol. The van der Waals surface area contributed by atoms with Crippen LogP contribution in [0.25, 0.3) is 0 Å². The van der Waals surface area contributed by atoms with Gasteiger partial charge in [-0.3, -0.25) is 4.79 Å². The Morgan fingerprint density at radius 3 is 2.63 bits per heavy atom. The number of amides is 1. The lowest BCUT2D eigenvalue weighted by Gasteiger charge is -2.47. The molecule has 1 fully saturated rings. The van der Waals surface area contributed by atoms with Crippen LogP contribution in [0, 0.1) is 0 Å². The molecule has 19 heavy (non-hydrogen) atoms. The van der Waals surface area contributed by atoms with E-state index in [9.17, 15) is 9.59 Å². The molecule has 2 rings (SSSR count). The van der Waals surface area contributed by atoms with Crippen molar-refractivity contribution >= 4 is 11.9 Å². The lowest BCUT2D eigenvalue weighted by atomic mass is 9.75. The van der Waals surface area contributed by atoms with Crippen LogP contribution in [0.3, 0.4) is 0 Å². The Labute approximate surface area is 110 Å². The highest BCUT2D eigenvalue weighted by atomic mass is 16.5. The van der Waals surface area contributed by atoms with Crippen LogP contribution in [-0.2, 0) is 0 Å². The summed E-state index contributed by atoms with van der Waals surface area (Å²) in [4.78, 5) is 24.6. The Kier molecular flexibility index (Phi) is 3.57. The average molecular weight is 267 g/mol. The first-order chi connectivity index (χ1) is 8.94. The molecule has 1 aliphatic rings. The molecule has 0 spiro atoms. The smallest absolute Gasteiger partial charge is 0.374 e. The third-order valence-electron chi connectivity index (χ3n) is 3.76. The number of nitrogens with one attached hydrogen (secondary N) is 1. The van der Waals surface area contributed by atoms with E-state index in [2.05, 4.69) is 19.9 Å². The topological polar surface area (TPSA) is 95.7 Å². The number of hydrogen-bond donors (Lipinski definition) is 2. The summed E-state index contributed by atoms with van der Waals surface area (Å²) < 4.78 is 4.55. The quantitative estimate of drug-likeness (QED) is 0.810. The van der Waals surface area contributed by atoms with Crippen molar-refractivity contribution in [2.45, 2.75) is 24.8 Å². The first kappa shape index (κ1) is 13.5. The van der Waals surface area contributed by atoms with Crippen molar-refractivity contribution in [2.75, 3.05) is 20.6 Å². The molecule has 0 aliphatic heterocycles. The van der Waals surface area contributed by atoms with Gasteiger partial charge < -0.3 is 19.8 Å². The Bertz CT molecular complexity index is 491. The van der Waals surface area contributed by atoms with Gasteiger partial charge in [0.25, 0.3) is 5.91 Å². The number of nitrogens with zero attached hydrogens (tertiary/aromatic N) is 2. The fourth-order valence-electron chi connectivity index (χ4n) is 2.19. The first-order valence-electron chi connectivity index (χ1n) is 6.10. The predicted molar refractivity (Wildman–Crippen MR) is 66.1 cm³/mol. The molecule has 1 aliphatic carbocycles. The largest absolute Gasteiger partial charge is 0.475 e. The van der Waals surface area contributed by atoms with Crippen LogP contribution in [0.1, 0.15) is 40.3 Å². The van der Waals surface area contributed by atoms with Gasteiger partial charge in [0.2, 0.25) is 5.76 Å². The highest BCUT2D eigenvalue weighted by molar-refractivity contribution is 5.94. The van der Waals surface area contributed by atoms with Gasteiger partial charge in [-0.25, -0.2) is 4.79 Å². The highest BCUT2D eigenvalue weighted by Gasteiger charge is 2.39. The molecule has 7 nitrogen and oxygen atoms in total. The molecule has 1 amide bonds. The van der Waals surface area contributed by atoms with E-state index >= 15 is 0 Å². The molecule has 104 valence electrons. The van der Waals surface area contributed by atoms with Crippen LogP contribution in [0.4, 0.5) is 0 Å². The maximum Gasteiger partial charge on any atom is 0.374 e. The van der Waals surface area contributed by atoms with Gasteiger partial charge in [0.1, 0.15) is 0 Å². The summed E-state index contributed by atoms with van der Waals surface area (Å²) in [5, 5.41) is 14.9. The van der Waals surface area contributed by atoms with E-state index < -0.39 is 11.9 Å². The van der Waals surface area contributed by atoms with Crippen molar-refractivity contribution in [3.8, 4) is 0 Å². The molecule has 1 aromatic heterocycles. The first-order valence-corrected chi connectivity index (χ1v) is 6.10. The molecule has 1 heterocycles. The minimum Gasteiger partial charge on any atom is -0.475 e. The van der Waals surface area contributed by atoms with Crippen LogP contribution >= 0.6 is 0 Å². The van der Waals surface area contributed by atoms with E-state index in [4.69, 9.17) is 5.11 Å². The second-order valence-corrected chi connectivity index (χ2v) is 5.04. The van der Waals surface area contributed by atoms with E-state index in [1.165, 1.54) is 0 Å². The zero-order valence-electron chi connectivity index (χ0n) is 11.0. The van der Waals surface area contributed by atoms with Gasteiger partial charge in [-0.2, -0.15) is 0 Å². The van der Waals surface area contributed by atoms with Crippen molar-refractivity contribution in [2.24, 2.45) is 0 Å². The Morgan fingerprint density at radius 2 is 2.21 bits per heavy atom. The summed E-state index contributed by atoms with van der Waals surface area (Å²) in [6, 6.07) is 1.13. The molecule has 0 bridgehead atoms. The van der Waals surface area contributed by atoms with E-state index in [0.717, 1.165) is 25.3 Å². The molecule has 0 radical (unpaired) electrons. The van der Waals surface area contributed by atoms with Crippen LogP contribution in [-0.4, -0.2) is 53.2 Å². The summed E-state index contributed by atoms with van der Waals surface area (Å²) in [6.45, 7) is 0.522. The molecule has 0 atom stereocenters. The zero-order valence-corrected chi connectivity index (χ0v) is 11.0. The minimum absolute atomic E-state index is 0.00868. The molecule has 1 aromatic rings. The molecular weight excluding hydrogens is 250 g/mol. The molecule has 1 saturated carbocycles. The number of aromatic carboxylic acids is 1. The molecular formula is C12H17N3O4. The zero-order chi connectivity index (χ0) is 14.0. The Morgan fingerprint density at radius 1 is 1.53 bits per heavy atom. The van der Waals surface area contributed by atoms with Gasteiger partial charge in [-0.05, 0) is 33.4 Å². The van der Waals surface area contributed by atoms with Crippen LogP contribution in [0.2, 0.25) is 0 Å². The van der Waals surface area contributed by atoms with E-state index in [-0.39, 0.29) is 17.0 Å². The summed E-state index contributed by atoms with van der Waals surface area (Å²) in [5.41, 5.74) is 0.000276. The number of rotatable bonds is 5. The van der Waals surface area contributed by atoms with Gasteiger partial charge in [0.05, 0.1) is 0 Å². The maximum atomic E-state index is 11.8. The van der Waals surface area contributed by atoms with Gasteiger partial charge in [0.15, 0.2) is 5.69 Å². The fourth-order valence-corrected chi connectivity index (χ4v) is 2.19. The number of carboxylic acid groups (broad SMARTS) is 1. The number of carbonyl (C=O) groups is 2. The predicted octanol–water partition coefficient (Wildman–Crippen LogP) is 0.587. The molecule has 0 aromatic carbocycles.